The van der Waals surface area contributed by atoms with Gasteiger partial charge in [0.2, 0.25) is 0 Å². The van der Waals surface area contributed by atoms with Gasteiger partial charge in [-0.15, -0.1) is 0 Å². The molecule has 4 heteroatoms. The summed E-state index contributed by atoms with van der Waals surface area (Å²) in [5.74, 6) is 0.729. The van der Waals surface area contributed by atoms with Crippen LogP contribution in [-0.2, 0) is 0 Å². The Morgan fingerprint density at radius 3 is 2.64 bits per heavy atom. The summed E-state index contributed by atoms with van der Waals surface area (Å²) in [6.07, 6.45) is 1.57. The van der Waals surface area contributed by atoms with E-state index in [0.29, 0.717) is 17.2 Å². The molecular formula is C18H18ClNO2. The van der Waals surface area contributed by atoms with Crippen molar-refractivity contribution in [1.82, 2.24) is 0 Å². The highest BCUT2D eigenvalue weighted by atomic mass is 35.5. The first kappa shape index (κ1) is 16.1. The molecule has 0 fully saturated rings. The number of ketones is 1. The SMILES string of the molecule is CCOc1cccc(NC(C)=CC(=O)c2ccc(Cl)cc2)c1. The third-order valence-electron chi connectivity index (χ3n) is 2.96. The van der Waals surface area contributed by atoms with Crippen molar-refractivity contribution in [2.75, 3.05) is 11.9 Å². The normalized spacial score (nSPS) is 11.1. The van der Waals surface area contributed by atoms with Gasteiger partial charge >= 0.3 is 0 Å². The lowest BCUT2D eigenvalue weighted by atomic mass is 10.1. The van der Waals surface area contributed by atoms with Gasteiger partial charge in [0.15, 0.2) is 5.78 Å². The number of nitrogens with one attached hydrogen (secondary N) is 1. The van der Waals surface area contributed by atoms with E-state index >= 15 is 0 Å². The van der Waals surface area contributed by atoms with E-state index in [4.69, 9.17) is 16.3 Å². The Kier molecular flexibility index (Phi) is 5.61. The van der Waals surface area contributed by atoms with Gasteiger partial charge in [-0.05, 0) is 50.2 Å². The lowest BCUT2D eigenvalue weighted by Gasteiger charge is -2.09. The van der Waals surface area contributed by atoms with Gasteiger partial charge in [0.05, 0.1) is 6.61 Å². The molecule has 22 heavy (non-hydrogen) atoms. The van der Waals surface area contributed by atoms with E-state index in [0.717, 1.165) is 17.1 Å². The summed E-state index contributed by atoms with van der Waals surface area (Å²) in [4.78, 5) is 12.1. The van der Waals surface area contributed by atoms with Crippen molar-refractivity contribution in [2.24, 2.45) is 0 Å². The molecular weight excluding hydrogens is 298 g/mol. The topological polar surface area (TPSA) is 38.3 Å². The van der Waals surface area contributed by atoms with Crippen LogP contribution in [0.25, 0.3) is 0 Å². The van der Waals surface area contributed by atoms with Gasteiger partial charge in [-0.25, -0.2) is 0 Å². The van der Waals surface area contributed by atoms with E-state index in [1.807, 2.05) is 38.1 Å². The van der Waals surface area contributed by atoms with Gasteiger partial charge in [0.25, 0.3) is 0 Å². The first-order chi connectivity index (χ1) is 10.6. The predicted octanol–water partition coefficient (Wildman–Crippen LogP) is 4.94. The number of benzene rings is 2. The van der Waals surface area contributed by atoms with Gasteiger partial charge in [-0.2, -0.15) is 0 Å². The number of hydrogen-bond acceptors (Lipinski definition) is 3. The van der Waals surface area contributed by atoms with Crippen molar-refractivity contribution < 1.29 is 9.53 Å². The van der Waals surface area contributed by atoms with Crippen LogP contribution in [0.2, 0.25) is 5.02 Å². The van der Waals surface area contributed by atoms with Crippen LogP contribution >= 0.6 is 11.6 Å². The summed E-state index contributed by atoms with van der Waals surface area (Å²) < 4.78 is 5.45. The smallest absolute Gasteiger partial charge is 0.187 e. The fourth-order valence-corrected chi connectivity index (χ4v) is 2.11. The Labute approximate surface area is 135 Å². The van der Waals surface area contributed by atoms with Crippen molar-refractivity contribution >= 4 is 23.1 Å². The van der Waals surface area contributed by atoms with E-state index in [-0.39, 0.29) is 5.78 Å². The van der Waals surface area contributed by atoms with Crippen LogP contribution in [0.1, 0.15) is 24.2 Å². The Morgan fingerprint density at radius 1 is 1.23 bits per heavy atom. The number of rotatable bonds is 6. The van der Waals surface area contributed by atoms with Crippen LogP contribution < -0.4 is 10.1 Å². The van der Waals surface area contributed by atoms with Crippen LogP contribution in [0.15, 0.2) is 60.3 Å². The number of ether oxygens (including phenoxy) is 1. The van der Waals surface area contributed by atoms with Crippen molar-refractivity contribution in [3.63, 3.8) is 0 Å². The fraction of sp³-hybridized carbons (Fsp3) is 0.167. The summed E-state index contributed by atoms with van der Waals surface area (Å²) >= 11 is 5.82. The first-order valence-electron chi connectivity index (χ1n) is 7.06. The molecule has 0 heterocycles. The largest absolute Gasteiger partial charge is 0.494 e. The Balaban J connectivity index is 2.07. The number of allylic oxidation sites excluding steroid dienone is 2. The molecule has 3 nitrogen and oxygen atoms in total. The van der Waals surface area contributed by atoms with Crippen molar-refractivity contribution in [1.29, 1.82) is 0 Å². The maximum atomic E-state index is 12.1. The van der Waals surface area contributed by atoms with Crippen LogP contribution in [0.5, 0.6) is 5.75 Å². The van der Waals surface area contributed by atoms with Gasteiger partial charge in [0.1, 0.15) is 5.75 Å². The van der Waals surface area contributed by atoms with E-state index in [9.17, 15) is 4.79 Å². The molecule has 2 aromatic rings. The molecule has 0 aromatic heterocycles. The molecule has 1 N–H and O–H groups in total. The molecule has 0 saturated carbocycles. The second-order valence-electron chi connectivity index (χ2n) is 4.78. The van der Waals surface area contributed by atoms with Gasteiger partial charge < -0.3 is 10.1 Å². The minimum atomic E-state index is -0.0670. The maximum Gasteiger partial charge on any atom is 0.187 e. The minimum absolute atomic E-state index is 0.0670. The molecule has 2 aromatic carbocycles. The second-order valence-corrected chi connectivity index (χ2v) is 5.22. The number of anilines is 1. The Morgan fingerprint density at radius 2 is 1.95 bits per heavy atom. The number of carbonyl (C=O) groups is 1. The van der Waals surface area contributed by atoms with Crippen LogP contribution in [0, 0.1) is 0 Å². The van der Waals surface area contributed by atoms with Gasteiger partial charge in [-0.3, -0.25) is 4.79 Å². The van der Waals surface area contributed by atoms with E-state index in [1.54, 1.807) is 30.3 Å². The quantitative estimate of drug-likeness (QED) is 0.606. The molecule has 0 unspecified atom stereocenters. The molecule has 0 amide bonds. The molecule has 0 aliphatic rings. The average Bonchev–Trinajstić information content (AvgIpc) is 2.48. The van der Waals surface area contributed by atoms with Gasteiger partial charge in [-0.1, -0.05) is 17.7 Å². The van der Waals surface area contributed by atoms with E-state index in [1.165, 1.54) is 0 Å². The van der Waals surface area contributed by atoms with E-state index in [2.05, 4.69) is 5.32 Å². The van der Waals surface area contributed by atoms with Gasteiger partial charge in [0, 0.05) is 34.1 Å². The predicted molar refractivity (Wildman–Crippen MR) is 90.8 cm³/mol. The van der Waals surface area contributed by atoms with Crippen molar-refractivity contribution in [3.05, 3.63) is 70.9 Å². The third kappa shape index (κ3) is 4.64. The molecule has 0 radical (unpaired) electrons. The first-order valence-corrected chi connectivity index (χ1v) is 7.44. The molecule has 0 bridgehead atoms. The third-order valence-corrected chi connectivity index (χ3v) is 3.21. The molecule has 0 aliphatic heterocycles. The highest BCUT2D eigenvalue weighted by Crippen LogP contribution is 2.19. The average molecular weight is 316 g/mol. The zero-order chi connectivity index (χ0) is 15.9. The highest BCUT2D eigenvalue weighted by Gasteiger charge is 2.04. The fourth-order valence-electron chi connectivity index (χ4n) is 1.99. The highest BCUT2D eigenvalue weighted by molar-refractivity contribution is 6.30. The number of hydrogen-bond donors (Lipinski definition) is 1. The summed E-state index contributed by atoms with van der Waals surface area (Å²) in [6.45, 7) is 4.41. The Bertz CT molecular complexity index is 678. The zero-order valence-corrected chi connectivity index (χ0v) is 13.4. The lowest BCUT2D eigenvalue weighted by molar-refractivity contribution is 0.104. The monoisotopic (exact) mass is 315 g/mol. The minimum Gasteiger partial charge on any atom is -0.494 e. The van der Waals surface area contributed by atoms with Crippen molar-refractivity contribution in [2.45, 2.75) is 13.8 Å². The number of carbonyl (C=O) groups excluding carboxylic acids is 1. The van der Waals surface area contributed by atoms with Crippen molar-refractivity contribution in [3.8, 4) is 5.75 Å². The standard InChI is InChI=1S/C18H18ClNO2/c1-3-22-17-6-4-5-16(12-17)20-13(2)11-18(21)14-7-9-15(19)10-8-14/h4-12,20H,3H2,1-2H3. The van der Waals surface area contributed by atoms with Crippen LogP contribution in [0.4, 0.5) is 5.69 Å². The van der Waals surface area contributed by atoms with Crippen LogP contribution in [0.3, 0.4) is 0 Å². The van der Waals surface area contributed by atoms with Crippen LogP contribution in [-0.4, -0.2) is 12.4 Å². The summed E-state index contributed by atoms with van der Waals surface area (Å²) in [5.41, 5.74) is 2.24. The summed E-state index contributed by atoms with van der Waals surface area (Å²) in [7, 11) is 0. The molecule has 0 spiro atoms. The molecule has 2 rings (SSSR count). The molecule has 114 valence electrons. The Hall–Kier alpha value is -2.26. The summed E-state index contributed by atoms with van der Waals surface area (Å²) in [6, 6.07) is 14.5. The lowest BCUT2D eigenvalue weighted by Crippen LogP contribution is -2.01. The molecule has 0 saturated heterocycles. The maximum absolute atomic E-state index is 12.1. The van der Waals surface area contributed by atoms with E-state index < -0.39 is 0 Å². The summed E-state index contributed by atoms with van der Waals surface area (Å²) in [5, 5.41) is 3.80. The molecule has 0 atom stereocenters. The second kappa shape index (κ2) is 7.66. The molecule has 0 aliphatic carbocycles. The zero-order valence-electron chi connectivity index (χ0n) is 12.6. The number of halogens is 1.